The molecule has 1 aliphatic carbocycles. The van der Waals surface area contributed by atoms with Crippen molar-refractivity contribution in [3.05, 3.63) is 0 Å². The highest BCUT2D eigenvalue weighted by atomic mass is 16.2. The summed E-state index contributed by atoms with van der Waals surface area (Å²) in [6.45, 7) is 7.05. The summed E-state index contributed by atoms with van der Waals surface area (Å²) < 4.78 is 0. The van der Waals surface area contributed by atoms with Gasteiger partial charge in [-0.1, -0.05) is 19.3 Å². The van der Waals surface area contributed by atoms with Crippen LogP contribution in [-0.4, -0.2) is 54.0 Å². The Labute approximate surface area is 117 Å². The van der Waals surface area contributed by atoms with Crippen LogP contribution in [0.2, 0.25) is 0 Å². The molecule has 1 saturated carbocycles. The molecule has 0 radical (unpaired) electrons. The van der Waals surface area contributed by atoms with E-state index in [2.05, 4.69) is 30.7 Å². The molecule has 0 bridgehead atoms. The number of carbonyl (C=O) groups excluding carboxylic acids is 1. The number of amides is 1. The van der Waals surface area contributed by atoms with Gasteiger partial charge in [0.1, 0.15) is 0 Å². The molecule has 1 saturated heterocycles. The lowest BCUT2D eigenvalue weighted by Crippen LogP contribution is -2.60. The predicted octanol–water partition coefficient (Wildman–Crippen LogP) is 1.45. The van der Waals surface area contributed by atoms with E-state index >= 15 is 0 Å². The molecule has 4 heteroatoms. The Morgan fingerprint density at radius 3 is 2.53 bits per heavy atom. The van der Waals surface area contributed by atoms with E-state index in [1.165, 1.54) is 12.8 Å². The van der Waals surface area contributed by atoms with Crippen molar-refractivity contribution in [1.29, 1.82) is 0 Å². The summed E-state index contributed by atoms with van der Waals surface area (Å²) in [7, 11) is 2.14. The Morgan fingerprint density at radius 2 is 1.84 bits per heavy atom. The number of hydrogen-bond acceptors (Lipinski definition) is 3. The summed E-state index contributed by atoms with van der Waals surface area (Å²) in [5, 5.41) is 0. The van der Waals surface area contributed by atoms with Crippen molar-refractivity contribution in [3.8, 4) is 0 Å². The average molecular weight is 267 g/mol. The van der Waals surface area contributed by atoms with Gasteiger partial charge in [-0.15, -0.1) is 0 Å². The van der Waals surface area contributed by atoms with Gasteiger partial charge in [0.25, 0.3) is 0 Å². The molecular weight excluding hydrogens is 238 g/mol. The Balaban J connectivity index is 2.02. The molecule has 1 amide bonds. The van der Waals surface area contributed by atoms with E-state index in [4.69, 9.17) is 5.73 Å². The van der Waals surface area contributed by atoms with E-state index in [-0.39, 0.29) is 17.5 Å². The minimum atomic E-state index is 0.0571. The van der Waals surface area contributed by atoms with Gasteiger partial charge in [0.15, 0.2) is 0 Å². The molecule has 19 heavy (non-hydrogen) atoms. The van der Waals surface area contributed by atoms with Crippen LogP contribution in [0.4, 0.5) is 0 Å². The maximum atomic E-state index is 12.7. The molecular formula is C15H29N3O. The van der Waals surface area contributed by atoms with Gasteiger partial charge in [0.05, 0.1) is 5.92 Å². The van der Waals surface area contributed by atoms with E-state index in [0.29, 0.717) is 5.91 Å². The van der Waals surface area contributed by atoms with Crippen molar-refractivity contribution >= 4 is 5.91 Å². The average Bonchev–Trinajstić information content (AvgIpc) is 2.56. The third kappa shape index (κ3) is 3.29. The Morgan fingerprint density at radius 1 is 1.16 bits per heavy atom. The molecule has 4 nitrogen and oxygen atoms in total. The van der Waals surface area contributed by atoms with Crippen molar-refractivity contribution in [3.63, 3.8) is 0 Å². The number of hydrogen-bond donors (Lipinski definition) is 1. The van der Waals surface area contributed by atoms with Gasteiger partial charge in [-0.05, 0) is 33.7 Å². The van der Waals surface area contributed by atoms with Crippen LogP contribution in [0.3, 0.4) is 0 Å². The first-order chi connectivity index (χ1) is 8.92. The van der Waals surface area contributed by atoms with E-state index in [0.717, 1.165) is 38.9 Å². The van der Waals surface area contributed by atoms with Gasteiger partial charge in [-0.25, -0.2) is 0 Å². The van der Waals surface area contributed by atoms with E-state index in [9.17, 15) is 4.79 Å². The van der Waals surface area contributed by atoms with Crippen LogP contribution in [-0.2, 0) is 4.79 Å². The third-order valence-electron chi connectivity index (χ3n) is 5.01. The zero-order valence-corrected chi connectivity index (χ0v) is 12.7. The zero-order chi connectivity index (χ0) is 14.0. The molecule has 2 fully saturated rings. The lowest BCUT2D eigenvalue weighted by Gasteiger charge is -2.46. The Kier molecular flexibility index (Phi) is 4.51. The molecule has 0 aromatic rings. The molecule has 2 unspecified atom stereocenters. The topological polar surface area (TPSA) is 49.6 Å². The summed E-state index contributed by atoms with van der Waals surface area (Å²) in [6.07, 6.45) is 5.55. The van der Waals surface area contributed by atoms with E-state index < -0.39 is 0 Å². The van der Waals surface area contributed by atoms with Gasteiger partial charge in [0, 0.05) is 31.2 Å². The lowest BCUT2D eigenvalue weighted by atomic mass is 9.92. The smallest absolute Gasteiger partial charge is 0.227 e. The Hall–Kier alpha value is -0.610. The predicted molar refractivity (Wildman–Crippen MR) is 77.8 cm³/mol. The summed E-state index contributed by atoms with van der Waals surface area (Å²) in [4.78, 5) is 17.1. The molecule has 2 rings (SSSR count). The van der Waals surface area contributed by atoms with E-state index in [1.54, 1.807) is 0 Å². The molecule has 0 aromatic heterocycles. The monoisotopic (exact) mass is 267 g/mol. The first-order valence-corrected chi connectivity index (χ1v) is 7.67. The number of carbonyl (C=O) groups is 1. The molecule has 1 heterocycles. The van der Waals surface area contributed by atoms with Crippen LogP contribution < -0.4 is 5.73 Å². The minimum absolute atomic E-state index is 0.0571. The molecule has 2 N–H and O–H groups in total. The van der Waals surface area contributed by atoms with Gasteiger partial charge in [-0.2, -0.15) is 0 Å². The molecule has 0 aromatic carbocycles. The molecule has 0 spiro atoms. The van der Waals surface area contributed by atoms with Crippen LogP contribution in [0, 0.1) is 5.92 Å². The quantitative estimate of drug-likeness (QED) is 0.732. The fourth-order valence-corrected chi connectivity index (χ4v) is 3.31. The van der Waals surface area contributed by atoms with Gasteiger partial charge in [0.2, 0.25) is 5.91 Å². The Bertz CT molecular complexity index is 329. The van der Waals surface area contributed by atoms with Crippen molar-refractivity contribution in [2.75, 3.05) is 26.7 Å². The second-order valence-electron chi connectivity index (χ2n) is 6.90. The van der Waals surface area contributed by atoms with Crippen LogP contribution in [0.15, 0.2) is 0 Å². The third-order valence-corrected chi connectivity index (χ3v) is 5.01. The first-order valence-electron chi connectivity index (χ1n) is 7.67. The van der Waals surface area contributed by atoms with Crippen LogP contribution in [0.5, 0.6) is 0 Å². The van der Waals surface area contributed by atoms with Crippen molar-refractivity contribution < 1.29 is 4.79 Å². The summed E-state index contributed by atoms with van der Waals surface area (Å²) in [5.74, 6) is 0.359. The number of piperazine rings is 1. The molecule has 2 aliphatic rings. The highest BCUT2D eigenvalue weighted by molar-refractivity contribution is 5.79. The minimum Gasteiger partial charge on any atom is -0.339 e. The van der Waals surface area contributed by atoms with Gasteiger partial charge >= 0.3 is 0 Å². The van der Waals surface area contributed by atoms with Crippen LogP contribution >= 0.6 is 0 Å². The second-order valence-corrected chi connectivity index (χ2v) is 6.90. The lowest BCUT2D eigenvalue weighted by molar-refractivity contribution is -0.141. The summed E-state index contributed by atoms with van der Waals surface area (Å²) >= 11 is 0. The molecule has 110 valence electrons. The molecule has 1 aliphatic heterocycles. The maximum Gasteiger partial charge on any atom is 0.227 e. The fourth-order valence-electron chi connectivity index (χ4n) is 3.31. The second kappa shape index (κ2) is 5.80. The van der Waals surface area contributed by atoms with Gasteiger partial charge < -0.3 is 10.6 Å². The number of likely N-dealkylation sites (N-methyl/N-ethyl adjacent to an activating group) is 1. The zero-order valence-electron chi connectivity index (χ0n) is 12.7. The number of nitrogens with two attached hydrogens (primary N) is 1. The fraction of sp³-hybridized carbons (Fsp3) is 0.933. The van der Waals surface area contributed by atoms with Crippen LogP contribution in [0.1, 0.15) is 46.0 Å². The number of rotatable bonds is 1. The van der Waals surface area contributed by atoms with Gasteiger partial charge in [-0.3, -0.25) is 9.69 Å². The SMILES string of the molecule is CN1CCN(C(=O)C2CCCCCC2N)CC1(C)C. The number of nitrogens with zero attached hydrogens (tertiary/aromatic N) is 2. The van der Waals surface area contributed by atoms with E-state index in [1.807, 2.05) is 0 Å². The largest absolute Gasteiger partial charge is 0.339 e. The normalized spacial score (nSPS) is 32.9. The van der Waals surface area contributed by atoms with Crippen molar-refractivity contribution in [2.24, 2.45) is 11.7 Å². The standard InChI is InChI=1S/C15H29N3O/c1-15(2)11-18(10-9-17(15)3)14(19)12-7-5-4-6-8-13(12)16/h12-13H,4-11,16H2,1-3H3. The first kappa shape index (κ1) is 14.8. The molecule has 2 atom stereocenters. The highest BCUT2D eigenvalue weighted by Crippen LogP contribution is 2.26. The summed E-state index contributed by atoms with van der Waals surface area (Å²) in [5.41, 5.74) is 6.30. The van der Waals surface area contributed by atoms with Crippen molar-refractivity contribution in [2.45, 2.75) is 57.5 Å². The van der Waals surface area contributed by atoms with Crippen LogP contribution in [0.25, 0.3) is 0 Å². The summed E-state index contributed by atoms with van der Waals surface area (Å²) in [6, 6.07) is 0.0674. The maximum absolute atomic E-state index is 12.7. The van der Waals surface area contributed by atoms with Crippen molar-refractivity contribution in [1.82, 2.24) is 9.80 Å². The highest BCUT2D eigenvalue weighted by Gasteiger charge is 2.37.